The molecule has 0 unspecified atom stereocenters. The molecule has 0 spiro atoms. The molecule has 0 amide bonds. The van der Waals surface area contributed by atoms with Crippen LogP contribution in [0.4, 0.5) is 0 Å². The fourth-order valence-corrected chi connectivity index (χ4v) is 4.04. The van der Waals surface area contributed by atoms with Crippen LogP contribution in [-0.4, -0.2) is 40.2 Å². The molecule has 1 aliphatic heterocycles. The van der Waals surface area contributed by atoms with E-state index in [-0.39, 0.29) is 5.84 Å². The number of nitrogens with zero attached hydrogens (tertiary/aromatic N) is 3. The topological polar surface area (TPSA) is 123 Å². The van der Waals surface area contributed by atoms with E-state index in [0.717, 1.165) is 0 Å². The number of ether oxygens (including phenoxy) is 4. The van der Waals surface area contributed by atoms with Gasteiger partial charge in [-0.05, 0) is 6.07 Å². The summed E-state index contributed by atoms with van der Waals surface area (Å²) < 4.78 is 21.5. The molecule has 1 saturated carbocycles. The molecule has 0 radical (unpaired) electrons. The van der Waals surface area contributed by atoms with E-state index in [1.54, 1.807) is 25.3 Å². The Bertz CT molecular complexity index is 836. The molecule has 3 atom stereocenters. The van der Waals surface area contributed by atoms with Gasteiger partial charge in [0.2, 0.25) is 0 Å². The monoisotopic (exact) mass is 342 g/mol. The first-order chi connectivity index (χ1) is 12.0. The van der Waals surface area contributed by atoms with Crippen molar-refractivity contribution in [3.8, 4) is 23.6 Å². The van der Waals surface area contributed by atoms with Crippen molar-refractivity contribution in [3.63, 3.8) is 0 Å². The minimum absolute atomic E-state index is 0.0168. The number of aliphatic imine (C=N–C) groups is 1. The fraction of sp³-hybridized carbons (Fsp3) is 0.471. The van der Waals surface area contributed by atoms with Crippen molar-refractivity contribution in [2.75, 3.05) is 28.4 Å². The number of nitrogens with two attached hydrogens (primary N) is 1. The molecule has 25 heavy (non-hydrogen) atoms. The number of hydrogen-bond acceptors (Lipinski definition) is 8. The molecule has 2 aliphatic rings. The maximum Gasteiger partial charge on any atom is 0.292 e. The molecule has 130 valence electrons. The van der Waals surface area contributed by atoms with Crippen LogP contribution in [0.5, 0.6) is 11.5 Å². The predicted molar refractivity (Wildman–Crippen MR) is 86.8 cm³/mol. The number of amidine groups is 1. The molecular weight excluding hydrogens is 324 g/mol. The number of nitriles is 2. The van der Waals surface area contributed by atoms with Crippen molar-refractivity contribution < 1.29 is 18.9 Å². The van der Waals surface area contributed by atoms with Gasteiger partial charge < -0.3 is 24.7 Å². The van der Waals surface area contributed by atoms with Crippen molar-refractivity contribution in [2.45, 2.75) is 11.8 Å². The lowest BCUT2D eigenvalue weighted by Gasteiger charge is -2.29. The number of benzene rings is 1. The van der Waals surface area contributed by atoms with Gasteiger partial charge in [0.15, 0.2) is 5.41 Å². The minimum atomic E-state index is -1.66. The zero-order valence-corrected chi connectivity index (χ0v) is 14.4. The van der Waals surface area contributed by atoms with E-state index in [2.05, 4.69) is 17.1 Å². The lowest BCUT2D eigenvalue weighted by Crippen LogP contribution is -2.41. The summed E-state index contributed by atoms with van der Waals surface area (Å²) in [7, 11) is 5.78. The van der Waals surface area contributed by atoms with E-state index in [9.17, 15) is 10.5 Å². The quantitative estimate of drug-likeness (QED) is 0.796. The van der Waals surface area contributed by atoms with E-state index in [0.29, 0.717) is 17.1 Å². The van der Waals surface area contributed by atoms with Crippen LogP contribution in [0.15, 0.2) is 23.2 Å². The highest BCUT2D eigenvalue weighted by atomic mass is 16.7. The van der Waals surface area contributed by atoms with Gasteiger partial charge >= 0.3 is 0 Å². The van der Waals surface area contributed by atoms with Crippen LogP contribution < -0.4 is 15.2 Å². The Morgan fingerprint density at radius 3 is 2.24 bits per heavy atom. The fourth-order valence-electron chi connectivity index (χ4n) is 4.04. The molecule has 1 aromatic carbocycles. The SMILES string of the molecule is COc1ccc([C@@H]2[C@@]3(C#N)C(N)=NC(OC)(OC)[C@@]23C#N)c(OC)c1. The summed E-state index contributed by atoms with van der Waals surface area (Å²) in [5.41, 5.74) is 3.96. The maximum absolute atomic E-state index is 10.0. The predicted octanol–water partition coefficient (Wildman–Crippen LogP) is 1.14. The average Bonchev–Trinajstić information content (AvgIpc) is 3.22. The third-order valence-corrected chi connectivity index (χ3v) is 5.23. The van der Waals surface area contributed by atoms with E-state index >= 15 is 0 Å². The highest BCUT2D eigenvalue weighted by molar-refractivity contribution is 6.00. The Labute approximate surface area is 145 Å². The van der Waals surface area contributed by atoms with Crippen LogP contribution in [0.3, 0.4) is 0 Å². The molecule has 1 fully saturated rings. The van der Waals surface area contributed by atoms with Gasteiger partial charge in [-0.3, -0.25) is 0 Å². The lowest BCUT2D eigenvalue weighted by atomic mass is 9.93. The summed E-state index contributed by atoms with van der Waals surface area (Å²) in [6.45, 7) is 0. The molecule has 1 heterocycles. The van der Waals surface area contributed by atoms with Crippen LogP contribution in [0.1, 0.15) is 11.5 Å². The molecule has 8 heteroatoms. The maximum atomic E-state index is 10.0. The van der Waals surface area contributed by atoms with Crippen molar-refractivity contribution in [1.82, 2.24) is 0 Å². The van der Waals surface area contributed by atoms with Crippen molar-refractivity contribution >= 4 is 5.84 Å². The molecule has 8 nitrogen and oxygen atoms in total. The Balaban J connectivity index is 2.25. The first-order valence-corrected chi connectivity index (χ1v) is 7.49. The summed E-state index contributed by atoms with van der Waals surface area (Å²) in [5.74, 6) is -1.18. The second kappa shape index (κ2) is 5.35. The Morgan fingerprint density at radius 1 is 1.08 bits per heavy atom. The molecule has 2 N–H and O–H groups in total. The van der Waals surface area contributed by atoms with Gasteiger partial charge in [-0.1, -0.05) is 6.07 Å². The highest BCUT2D eigenvalue weighted by Gasteiger charge is 2.93. The van der Waals surface area contributed by atoms with Gasteiger partial charge in [0.05, 0.1) is 26.4 Å². The highest BCUT2D eigenvalue weighted by Crippen LogP contribution is 2.82. The van der Waals surface area contributed by atoms with Crippen molar-refractivity contribution in [2.24, 2.45) is 21.6 Å². The number of fused-ring (bicyclic) bond motifs is 1. The summed E-state index contributed by atoms with van der Waals surface area (Å²) in [6.07, 6.45) is 0. The third kappa shape index (κ3) is 1.63. The van der Waals surface area contributed by atoms with Crippen LogP contribution in [-0.2, 0) is 9.47 Å². The second-order valence-electron chi connectivity index (χ2n) is 5.87. The molecule has 1 aliphatic carbocycles. The van der Waals surface area contributed by atoms with Crippen LogP contribution in [0.2, 0.25) is 0 Å². The summed E-state index contributed by atoms with van der Waals surface area (Å²) in [6, 6.07) is 9.56. The molecule has 3 rings (SSSR count). The van der Waals surface area contributed by atoms with Gasteiger partial charge in [-0.2, -0.15) is 10.5 Å². The van der Waals surface area contributed by atoms with Gasteiger partial charge in [0.1, 0.15) is 22.7 Å². The van der Waals surface area contributed by atoms with Gasteiger partial charge in [0.25, 0.3) is 5.91 Å². The average molecular weight is 342 g/mol. The van der Waals surface area contributed by atoms with Gasteiger partial charge in [-0.25, -0.2) is 4.99 Å². The molecule has 0 saturated heterocycles. The Kier molecular flexibility index (Phi) is 3.64. The standard InChI is InChI=1S/C17H18N4O4/c1-22-10-5-6-11(12(7-10)23-2)13-15(8-18)14(20)21-17(24-3,25-4)16(13,15)9-19/h5-7,13H,1-4H3,(H2,20,21)/t13-,15+,16+/m1/s1. The van der Waals surface area contributed by atoms with E-state index in [1.807, 2.05) is 0 Å². The smallest absolute Gasteiger partial charge is 0.292 e. The summed E-state index contributed by atoms with van der Waals surface area (Å²) in [4.78, 5) is 4.18. The van der Waals surface area contributed by atoms with Crippen molar-refractivity contribution in [1.29, 1.82) is 10.5 Å². The van der Waals surface area contributed by atoms with E-state index in [4.69, 9.17) is 24.7 Å². The van der Waals surface area contributed by atoms with E-state index in [1.165, 1.54) is 21.3 Å². The molecule has 1 aromatic rings. The van der Waals surface area contributed by atoms with Crippen molar-refractivity contribution in [3.05, 3.63) is 23.8 Å². The number of hydrogen-bond donors (Lipinski definition) is 1. The van der Waals surface area contributed by atoms with Crippen LogP contribution >= 0.6 is 0 Å². The Hall–Kier alpha value is -2.81. The van der Waals surface area contributed by atoms with E-state index < -0.39 is 22.7 Å². The summed E-state index contributed by atoms with van der Waals surface area (Å²) in [5, 5.41) is 19.9. The number of rotatable bonds is 5. The largest absolute Gasteiger partial charge is 0.497 e. The normalized spacial score (nSPS) is 31.3. The lowest BCUT2D eigenvalue weighted by molar-refractivity contribution is -0.230. The number of methoxy groups -OCH3 is 4. The Morgan fingerprint density at radius 2 is 1.76 bits per heavy atom. The van der Waals surface area contributed by atoms with Crippen LogP contribution in [0.25, 0.3) is 0 Å². The zero-order valence-electron chi connectivity index (χ0n) is 14.4. The molecule has 0 bridgehead atoms. The zero-order chi connectivity index (χ0) is 18.5. The second-order valence-corrected chi connectivity index (χ2v) is 5.87. The first kappa shape index (κ1) is 17.0. The molecular formula is C17H18N4O4. The van der Waals surface area contributed by atoms with Crippen LogP contribution in [0, 0.1) is 33.5 Å². The summed E-state index contributed by atoms with van der Waals surface area (Å²) >= 11 is 0. The molecule has 0 aromatic heterocycles. The minimum Gasteiger partial charge on any atom is -0.497 e. The van der Waals surface area contributed by atoms with Gasteiger partial charge in [0, 0.05) is 31.8 Å². The third-order valence-electron chi connectivity index (χ3n) is 5.23. The first-order valence-electron chi connectivity index (χ1n) is 7.49. The van der Waals surface area contributed by atoms with Gasteiger partial charge in [-0.15, -0.1) is 0 Å².